The van der Waals surface area contributed by atoms with E-state index in [0.29, 0.717) is 13.0 Å². The zero-order valence-corrected chi connectivity index (χ0v) is 18.9. The minimum atomic E-state index is -0.411. The van der Waals surface area contributed by atoms with Gasteiger partial charge in [0.15, 0.2) is 5.82 Å². The fraction of sp³-hybridized carbons (Fsp3) is 0.103. The van der Waals surface area contributed by atoms with E-state index in [9.17, 15) is 15.0 Å². The Labute approximate surface area is 202 Å². The lowest BCUT2D eigenvalue weighted by atomic mass is 10.0. The fourth-order valence-corrected chi connectivity index (χ4v) is 4.76. The number of benzene rings is 4. The van der Waals surface area contributed by atoms with Gasteiger partial charge in [-0.25, -0.2) is 4.99 Å². The number of amides is 1. The van der Waals surface area contributed by atoms with Crippen LogP contribution in [0.2, 0.25) is 0 Å². The van der Waals surface area contributed by atoms with E-state index >= 15 is 0 Å². The molecular weight excluding hydrogens is 438 g/mol. The monoisotopic (exact) mass is 462 g/mol. The molecule has 4 aromatic rings. The van der Waals surface area contributed by atoms with E-state index < -0.39 is 6.04 Å². The highest BCUT2D eigenvalue weighted by Crippen LogP contribution is 2.27. The highest BCUT2D eigenvalue weighted by molar-refractivity contribution is 6.04. The number of hydrogen-bond donors (Lipinski definition) is 4. The number of aromatic hydroxyl groups is 2. The summed E-state index contributed by atoms with van der Waals surface area (Å²) in [5, 5.41) is 25.1. The summed E-state index contributed by atoms with van der Waals surface area (Å²) in [6.07, 6.45) is 0.513. The second-order valence-electron chi connectivity index (χ2n) is 8.93. The van der Waals surface area contributed by atoms with E-state index in [4.69, 9.17) is 0 Å². The van der Waals surface area contributed by atoms with Gasteiger partial charge in [0.1, 0.15) is 24.1 Å². The first-order chi connectivity index (χ1) is 17.0. The molecular formula is C29H24N3O3+. The quantitative estimate of drug-likeness (QED) is 0.375. The molecule has 0 aliphatic carbocycles. The van der Waals surface area contributed by atoms with Crippen molar-refractivity contribution in [3.8, 4) is 11.5 Å². The number of nitrogens with zero attached hydrogens (tertiary/aromatic N) is 1. The number of carbonyl (C=O) groups is 1. The average molecular weight is 463 g/mol. The van der Waals surface area contributed by atoms with Crippen molar-refractivity contribution in [2.75, 3.05) is 6.54 Å². The third-order valence-corrected chi connectivity index (χ3v) is 6.60. The molecule has 0 radical (unpaired) electrons. The largest absolute Gasteiger partial charge is 0.508 e. The van der Waals surface area contributed by atoms with Crippen LogP contribution >= 0.6 is 0 Å². The Morgan fingerprint density at radius 1 is 0.829 bits per heavy atom. The second-order valence-corrected chi connectivity index (χ2v) is 8.93. The molecule has 172 valence electrons. The lowest BCUT2D eigenvalue weighted by Gasteiger charge is -2.21. The van der Waals surface area contributed by atoms with Gasteiger partial charge in [-0.2, -0.15) is 0 Å². The number of phenols is 2. The molecule has 0 aromatic heterocycles. The van der Waals surface area contributed by atoms with Gasteiger partial charge in [0, 0.05) is 12.0 Å². The molecule has 0 saturated carbocycles. The van der Waals surface area contributed by atoms with E-state index in [0.717, 1.165) is 44.7 Å². The third kappa shape index (κ3) is 3.89. The van der Waals surface area contributed by atoms with Crippen LogP contribution < -0.4 is 10.3 Å². The number of phenolic OH excluding ortho intramolecular Hbond substituents is 2. The Bertz CT molecular complexity index is 1500. The minimum absolute atomic E-state index is 0.00384. The van der Waals surface area contributed by atoms with Crippen molar-refractivity contribution in [3.05, 3.63) is 114 Å². The van der Waals surface area contributed by atoms with Gasteiger partial charge in [0.2, 0.25) is 5.71 Å². The molecule has 1 atom stereocenters. The second kappa shape index (κ2) is 8.33. The van der Waals surface area contributed by atoms with Crippen molar-refractivity contribution >= 4 is 28.1 Å². The molecule has 4 N–H and O–H groups in total. The van der Waals surface area contributed by atoms with Gasteiger partial charge in [-0.1, -0.05) is 42.5 Å². The van der Waals surface area contributed by atoms with Crippen LogP contribution in [0.4, 0.5) is 0 Å². The van der Waals surface area contributed by atoms with Crippen LogP contribution in [0.1, 0.15) is 16.7 Å². The molecule has 1 fully saturated rings. The van der Waals surface area contributed by atoms with Gasteiger partial charge in [0.25, 0.3) is 11.6 Å². The van der Waals surface area contributed by atoms with Crippen LogP contribution in [0, 0.1) is 0 Å². The molecule has 0 bridgehead atoms. The zero-order valence-electron chi connectivity index (χ0n) is 18.9. The molecule has 2 aliphatic rings. The number of nitrogens with one attached hydrogen (secondary N) is 2. The lowest BCUT2D eigenvalue weighted by Crippen LogP contribution is -2.75. The molecule has 0 spiro atoms. The molecule has 1 saturated heterocycles. The minimum Gasteiger partial charge on any atom is -0.508 e. The van der Waals surface area contributed by atoms with Crippen molar-refractivity contribution in [3.63, 3.8) is 0 Å². The van der Waals surface area contributed by atoms with E-state index in [2.05, 4.69) is 40.6 Å². The highest BCUT2D eigenvalue weighted by atomic mass is 16.3. The first-order valence-electron chi connectivity index (χ1n) is 11.6. The first-order valence-corrected chi connectivity index (χ1v) is 11.6. The van der Waals surface area contributed by atoms with E-state index in [1.807, 2.05) is 36.4 Å². The maximum Gasteiger partial charge on any atom is 0.252 e. The molecule has 1 unspecified atom stereocenters. The van der Waals surface area contributed by atoms with Gasteiger partial charge in [0.05, 0.1) is 5.56 Å². The number of fused-ring (bicyclic) bond motifs is 2. The summed E-state index contributed by atoms with van der Waals surface area (Å²) in [6, 6.07) is 28.0. The van der Waals surface area contributed by atoms with Gasteiger partial charge in [-0.15, -0.1) is 0 Å². The van der Waals surface area contributed by atoms with Gasteiger partial charge >= 0.3 is 0 Å². The molecule has 6 nitrogen and oxygen atoms in total. The predicted molar refractivity (Wildman–Crippen MR) is 134 cm³/mol. The fourth-order valence-electron chi connectivity index (χ4n) is 4.76. The summed E-state index contributed by atoms with van der Waals surface area (Å²) in [4.78, 5) is 18.9. The lowest BCUT2D eigenvalue weighted by molar-refractivity contribution is -0.349. The summed E-state index contributed by atoms with van der Waals surface area (Å²) < 4.78 is 0. The average Bonchev–Trinajstić information content (AvgIpc) is 3.20. The molecule has 6 heteroatoms. The normalized spacial score (nSPS) is 17.4. The van der Waals surface area contributed by atoms with Crippen LogP contribution in [0.15, 0.2) is 96.8 Å². The summed E-state index contributed by atoms with van der Waals surface area (Å²) in [6.45, 7) is 0.398. The molecule has 35 heavy (non-hydrogen) atoms. The Morgan fingerprint density at radius 2 is 1.49 bits per heavy atom. The maximum atomic E-state index is 13.5. The standard InChI is InChI=1S/C29H23N3O3/c33-23-11-5-18(6-12-23)15-25-29(35)32-17-26(20-9-13-24(34)14-10-20)30-27(28(32)31-25)22-8-7-19-3-1-2-4-21(19)16-22/h1-14,16,25,31,33-34H,15,17H2/p+1. The molecule has 4 aromatic carbocycles. The third-order valence-electron chi connectivity index (χ3n) is 6.60. The molecule has 6 rings (SSSR count). The SMILES string of the molecule is O=C1C(Cc2ccc(O)cc2)NC2=C(c3ccc4ccccc4c3)[NH+]=C(c3ccc(O)cc3)CN12. The van der Waals surface area contributed by atoms with E-state index in [1.54, 1.807) is 29.2 Å². The van der Waals surface area contributed by atoms with Crippen molar-refractivity contribution in [2.24, 2.45) is 0 Å². The zero-order chi connectivity index (χ0) is 23.9. The molecule has 2 aliphatic heterocycles. The highest BCUT2D eigenvalue weighted by Gasteiger charge is 2.43. The number of hydrogen-bond acceptors (Lipinski definition) is 4. The Morgan fingerprint density at radius 3 is 2.23 bits per heavy atom. The summed E-state index contributed by atoms with van der Waals surface area (Å²) in [7, 11) is 0. The van der Waals surface area contributed by atoms with Crippen molar-refractivity contribution in [1.29, 1.82) is 0 Å². The van der Waals surface area contributed by atoms with Crippen LogP contribution in [0.5, 0.6) is 11.5 Å². The topological polar surface area (TPSA) is 86.8 Å². The molecule has 2 heterocycles. The number of carbonyl (C=O) groups excluding carboxylic acids is 1. The Balaban J connectivity index is 1.43. The predicted octanol–water partition coefficient (Wildman–Crippen LogP) is 2.50. The van der Waals surface area contributed by atoms with Gasteiger partial charge in [-0.05, 0) is 64.9 Å². The van der Waals surface area contributed by atoms with Gasteiger partial charge < -0.3 is 15.5 Å². The van der Waals surface area contributed by atoms with Crippen LogP contribution in [-0.2, 0) is 11.2 Å². The van der Waals surface area contributed by atoms with E-state index in [-0.39, 0.29) is 17.4 Å². The van der Waals surface area contributed by atoms with Gasteiger partial charge in [-0.3, -0.25) is 9.69 Å². The summed E-state index contributed by atoms with van der Waals surface area (Å²) >= 11 is 0. The van der Waals surface area contributed by atoms with Crippen LogP contribution in [-0.4, -0.2) is 39.3 Å². The Hall–Kier alpha value is -4.58. The smallest absolute Gasteiger partial charge is 0.252 e. The van der Waals surface area contributed by atoms with Crippen molar-refractivity contribution in [1.82, 2.24) is 10.2 Å². The van der Waals surface area contributed by atoms with Crippen molar-refractivity contribution in [2.45, 2.75) is 12.5 Å². The van der Waals surface area contributed by atoms with E-state index in [1.165, 1.54) is 0 Å². The van der Waals surface area contributed by atoms with Crippen LogP contribution in [0.25, 0.3) is 16.5 Å². The Kier molecular flexibility index (Phi) is 4.99. The van der Waals surface area contributed by atoms with Crippen molar-refractivity contribution < 1.29 is 20.0 Å². The number of rotatable bonds is 4. The first kappa shape index (κ1) is 21.0. The summed E-state index contributed by atoms with van der Waals surface area (Å²) in [5.41, 5.74) is 4.58. The van der Waals surface area contributed by atoms with Crippen LogP contribution in [0.3, 0.4) is 0 Å². The summed E-state index contributed by atoms with van der Waals surface area (Å²) in [5.74, 6) is 1.17. The molecule has 1 amide bonds. The maximum absolute atomic E-state index is 13.5.